The zero-order valence-corrected chi connectivity index (χ0v) is 19.1. The molecule has 0 saturated carbocycles. The van der Waals surface area contributed by atoms with Crippen molar-refractivity contribution in [2.24, 2.45) is 4.99 Å². The second-order valence-electron chi connectivity index (χ2n) is 7.81. The topological polar surface area (TPSA) is 105 Å². The normalized spacial score (nSPS) is 16.7. The van der Waals surface area contributed by atoms with E-state index in [1.807, 2.05) is 0 Å². The van der Waals surface area contributed by atoms with Crippen molar-refractivity contribution in [1.29, 1.82) is 0 Å². The van der Waals surface area contributed by atoms with Crippen molar-refractivity contribution in [1.82, 2.24) is 14.5 Å². The van der Waals surface area contributed by atoms with E-state index in [2.05, 4.69) is 20.1 Å². The molecule has 1 aliphatic heterocycles. The van der Waals surface area contributed by atoms with Gasteiger partial charge in [-0.3, -0.25) is 14.5 Å². The maximum absolute atomic E-state index is 13.3. The molecule has 0 radical (unpaired) electrons. The van der Waals surface area contributed by atoms with Crippen molar-refractivity contribution < 1.29 is 26.4 Å². The third kappa shape index (κ3) is 4.40. The first-order chi connectivity index (χ1) is 15.9. The second kappa shape index (κ2) is 8.28. The molecule has 1 amide bonds. The van der Waals surface area contributed by atoms with Crippen LogP contribution in [0.4, 0.5) is 18.9 Å². The summed E-state index contributed by atoms with van der Waals surface area (Å²) in [6.07, 6.45) is -4.62. The standard InChI is InChI=1S/C22H20F3N5O3S/c1-12-10-13(2)30(28-12)18-9-8-15(22(23,24)25)11-17(18)27-21(31)14(3)26-20-16-6-4-5-7-19(16)34(32,33)29-20/h4-11,14H,1-3H3,(H,26,29)(H,27,31)/t14-/m0/s1. The van der Waals surface area contributed by atoms with E-state index in [1.54, 1.807) is 38.1 Å². The first-order valence-corrected chi connectivity index (χ1v) is 11.6. The molecule has 0 saturated heterocycles. The van der Waals surface area contributed by atoms with Crippen molar-refractivity contribution in [3.63, 3.8) is 0 Å². The van der Waals surface area contributed by atoms with Crippen LogP contribution in [-0.2, 0) is 21.0 Å². The molecule has 3 aromatic rings. The number of nitrogens with zero attached hydrogens (tertiary/aromatic N) is 3. The second-order valence-corrected chi connectivity index (χ2v) is 9.46. The first-order valence-electron chi connectivity index (χ1n) is 10.1. The Morgan fingerprint density at radius 2 is 1.85 bits per heavy atom. The Hall–Kier alpha value is -3.67. The predicted molar refractivity (Wildman–Crippen MR) is 119 cm³/mol. The van der Waals surface area contributed by atoms with Gasteiger partial charge < -0.3 is 5.32 Å². The van der Waals surface area contributed by atoms with Crippen LogP contribution in [0.2, 0.25) is 0 Å². The summed E-state index contributed by atoms with van der Waals surface area (Å²) in [7, 11) is -3.80. The smallest absolute Gasteiger partial charge is 0.322 e. The summed E-state index contributed by atoms with van der Waals surface area (Å²) in [5.41, 5.74) is 0.831. The van der Waals surface area contributed by atoms with E-state index in [4.69, 9.17) is 0 Å². The number of aromatic nitrogens is 2. The molecule has 0 fully saturated rings. The van der Waals surface area contributed by atoms with Crippen molar-refractivity contribution in [3.8, 4) is 5.69 Å². The van der Waals surface area contributed by atoms with E-state index < -0.39 is 33.7 Å². The minimum Gasteiger partial charge on any atom is -0.322 e. The molecule has 2 N–H and O–H groups in total. The van der Waals surface area contributed by atoms with E-state index in [1.165, 1.54) is 23.7 Å². The SMILES string of the molecule is Cc1cc(C)n(-c2ccc(C(F)(F)F)cc2NC(=O)[C@H](C)N=C2NS(=O)(=O)c3ccccc32)n1. The average Bonchev–Trinajstić information content (AvgIpc) is 3.22. The molecule has 8 nitrogen and oxygen atoms in total. The molecule has 1 atom stereocenters. The molecule has 1 aliphatic rings. The minimum absolute atomic E-state index is 0.0129. The fraction of sp³-hybridized carbons (Fsp3) is 0.227. The number of carbonyl (C=O) groups is 1. The zero-order valence-electron chi connectivity index (χ0n) is 18.3. The van der Waals surface area contributed by atoms with Gasteiger partial charge in [-0.1, -0.05) is 12.1 Å². The molecule has 0 unspecified atom stereocenters. The van der Waals surface area contributed by atoms with Crippen LogP contribution in [0.5, 0.6) is 0 Å². The number of aliphatic imine (C=N–C) groups is 1. The van der Waals surface area contributed by atoms with Crippen molar-refractivity contribution in [2.75, 3.05) is 5.32 Å². The fourth-order valence-corrected chi connectivity index (χ4v) is 4.83. The summed E-state index contributed by atoms with van der Waals surface area (Å²) in [6, 6.07) is 9.75. The molecule has 0 spiro atoms. The summed E-state index contributed by atoms with van der Waals surface area (Å²) in [5.74, 6) is -0.737. The van der Waals surface area contributed by atoms with Gasteiger partial charge in [-0.25, -0.2) is 13.1 Å². The number of benzene rings is 2. The van der Waals surface area contributed by atoms with Gasteiger partial charge in [-0.2, -0.15) is 18.3 Å². The minimum atomic E-state index is -4.62. The zero-order chi connectivity index (χ0) is 24.8. The monoisotopic (exact) mass is 491 g/mol. The van der Waals surface area contributed by atoms with Gasteiger partial charge in [0.05, 0.1) is 27.5 Å². The number of fused-ring (bicyclic) bond motifs is 1. The number of nitrogens with one attached hydrogen (secondary N) is 2. The van der Waals surface area contributed by atoms with Crippen LogP contribution in [0.25, 0.3) is 5.69 Å². The van der Waals surface area contributed by atoms with E-state index in [-0.39, 0.29) is 22.1 Å². The summed E-state index contributed by atoms with van der Waals surface area (Å²) < 4.78 is 68.3. The molecule has 34 heavy (non-hydrogen) atoms. The van der Waals surface area contributed by atoms with Gasteiger partial charge in [-0.15, -0.1) is 0 Å². The highest BCUT2D eigenvalue weighted by molar-refractivity contribution is 7.90. The number of anilines is 1. The number of hydrogen-bond donors (Lipinski definition) is 2. The summed E-state index contributed by atoms with van der Waals surface area (Å²) >= 11 is 0. The Balaban J connectivity index is 1.69. The molecule has 0 bridgehead atoms. The molecular weight excluding hydrogens is 471 g/mol. The van der Waals surface area contributed by atoms with E-state index in [0.29, 0.717) is 17.0 Å². The molecule has 2 heterocycles. The maximum Gasteiger partial charge on any atom is 0.416 e. The van der Waals surface area contributed by atoms with Gasteiger partial charge >= 0.3 is 6.18 Å². The molecule has 178 valence electrons. The van der Waals surface area contributed by atoms with Crippen molar-refractivity contribution >= 4 is 27.5 Å². The molecule has 12 heteroatoms. The Kier molecular flexibility index (Phi) is 5.72. The Bertz CT molecular complexity index is 1430. The van der Waals surface area contributed by atoms with Crippen LogP contribution in [0.3, 0.4) is 0 Å². The van der Waals surface area contributed by atoms with Gasteiger partial charge in [-0.05, 0) is 57.2 Å². The number of carbonyl (C=O) groups excluding carboxylic acids is 1. The maximum atomic E-state index is 13.3. The Labute approximate surface area is 193 Å². The molecular formula is C22H20F3N5O3S. The van der Waals surface area contributed by atoms with Gasteiger partial charge in [0, 0.05) is 11.3 Å². The average molecular weight is 491 g/mol. The van der Waals surface area contributed by atoms with Gasteiger partial charge in [0.2, 0.25) is 5.91 Å². The Morgan fingerprint density at radius 1 is 1.15 bits per heavy atom. The van der Waals surface area contributed by atoms with Crippen LogP contribution in [0, 0.1) is 13.8 Å². The predicted octanol–water partition coefficient (Wildman–Crippen LogP) is 3.57. The first kappa shape index (κ1) is 23.5. The highest BCUT2D eigenvalue weighted by atomic mass is 32.2. The molecule has 2 aromatic carbocycles. The number of rotatable bonds is 4. The van der Waals surface area contributed by atoms with Crippen LogP contribution >= 0.6 is 0 Å². The largest absolute Gasteiger partial charge is 0.416 e. The number of alkyl halides is 3. The molecule has 4 rings (SSSR count). The van der Waals surface area contributed by atoms with Crippen LogP contribution in [0.15, 0.2) is 58.4 Å². The number of aryl methyl sites for hydroxylation is 2. The fourth-order valence-electron chi connectivity index (χ4n) is 3.59. The van der Waals surface area contributed by atoms with Gasteiger partial charge in [0.1, 0.15) is 11.9 Å². The van der Waals surface area contributed by atoms with Crippen LogP contribution in [-0.4, -0.2) is 36.0 Å². The quantitative estimate of drug-likeness (QED) is 0.582. The van der Waals surface area contributed by atoms with Gasteiger partial charge in [0.15, 0.2) is 0 Å². The van der Waals surface area contributed by atoms with Gasteiger partial charge in [0.25, 0.3) is 10.0 Å². The van der Waals surface area contributed by atoms with Crippen molar-refractivity contribution in [2.45, 2.75) is 37.9 Å². The number of halogens is 3. The van der Waals surface area contributed by atoms with Crippen LogP contribution < -0.4 is 10.0 Å². The summed E-state index contributed by atoms with van der Waals surface area (Å²) in [6.45, 7) is 4.89. The summed E-state index contributed by atoms with van der Waals surface area (Å²) in [5, 5.41) is 6.78. The molecule has 0 aliphatic carbocycles. The lowest BCUT2D eigenvalue weighted by molar-refractivity contribution is -0.137. The summed E-state index contributed by atoms with van der Waals surface area (Å²) in [4.78, 5) is 17.1. The lowest BCUT2D eigenvalue weighted by atomic mass is 10.1. The van der Waals surface area contributed by atoms with E-state index in [9.17, 15) is 26.4 Å². The van der Waals surface area contributed by atoms with E-state index in [0.717, 1.165) is 12.1 Å². The molecule has 1 aromatic heterocycles. The highest BCUT2D eigenvalue weighted by Gasteiger charge is 2.33. The Morgan fingerprint density at radius 3 is 2.50 bits per heavy atom. The third-order valence-electron chi connectivity index (χ3n) is 5.18. The third-order valence-corrected chi connectivity index (χ3v) is 6.58. The lowest BCUT2D eigenvalue weighted by Gasteiger charge is -2.17. The number of amidine groups is 1. The number of hydrogen-bond acceptors (Lipinski definition) is 5. The van der Waals surface area contributed by atoms with E-state index >= 15 is 0 Å². The number of sulfonamides is 1. The van der Waals surface area contributed by atoms with Crippen LogP contribution in [0.1, 0.15) is 29.4 Å². The van der Waals surface area contributed by atoms with Crippen molar-refractivity contribution in [3.05, 3.63) is 71.0 Å². The highest BCUT2D eigenvalue weighted by Crippen LogP contribution is 2.34. The lowest BCUT2D eigenvalue weighted by Crippen LogP contribution is -2.29. The number of amides is 1.